The number of aryl methyl sites for hydroxylation is 1. The van der Waals surface area contributed by atoms with Gasteiger partial charge >= 0.3 is 5.97 Å². The van der Waals surface area contributed by atoms with Crippen molar-refractivity contribution in [2.75, 3.05) is 0 Å². The van der Waals surface area contributed by atoms with Gasteiger partial charge in [0.15, 0.2) is 5.82 Å². The Morgan fingerprint density at radius 2 is 2.31 bits per heavy atom. The molecule has 2 aromatic rings. The van der Waals surface area contributed by atoms with E-state index in [9.17, 15) is 4.79 Å². The highest BCUT2D eigenvalue weighted by Gasteiger charge is 2.08. The van der Waals surface area contributed by atoms with Crippen molar-refractivity contribution < 1.29 is 9.90 Å². The van der Waals surface area contributed by atoms with E-state index in [-0.39, 0.29) is 12.2 Å². The van der Waals surface area contributed by atoms with E-state index in [1.165, 1.54) is 6.20 Å². The van der Waals surface area contributed by atoms with Crippen molar-refractivity contribution in [2.24, 2.45) is 0 Å². The molecular weight excluding hydrogens is 208 g/mol. The Labute approximate surface area is 91.4 Å². The fourth-order valence-electron chi connectivity index (χ4n) is 1.35. The molecule has 0 atom stereocenters. The quantitative estimate of drug-likeness (QED) is 0.795. The highest BCUT2D eigenvalue weighted by Crippen LogP contribution is 2.17. The number of aromatic amines is 1. The second-order valence-electron chi connectivity index (χ2n) is 3.37. The molecule has 0 aliphatic rings. The smallest absolute Gasteiger partial charge is 0.311 e. The molecule has 2 rings (SSSR count). The molecule has 0 amide bonds. The number of hydrogen-bond acceptors (Lipinski definition) is 4. The number of nitrogens with one attached hydrogen (secondary N) is 1. The summed E-state index contributed by atoms with van der Waals surface area (Å²) in [6.45, 7) is 1.94. The van der Waals surface area contributed by atoms with Crippen molar-refractivity contribution in [3.05, 3.63) is 29.8 Å². The van der Waals surface area contributed by atoms with E-state index in [1.54, 1.807) is 6.20 Å². The second kappa shape index (κ2) is 4.09. The third-order valence-corrected chi connectivity index (χ3v) is 2.13. The Kier molecular flexibility index (Phi) is 2.63. The van der Waals surface area contributed by atoms with Crippen molar-refractivity contribution in [3.63, 3.8) is 0 Å². The van der Waals surface area contributed by atoms with Crippen LogP contribution >= 0.6 is 0 Å². The maximum atomic E-state index is 10.4. The van der Waals surface area contributed by atoms with E-state index >= 15 is 0 Å². The molecule has 0 spiro atoms. The lowest BCUT2D eigenvalue weighted by atomic mass is 10.2. The number of aromatic nitrogens is 4. The van der Waals surface area contributed by atoms with Gasteiger partial charge in [0.05, 0.1) is 11.9 Å². The lowest BCUT2D eigenvalue weighted by Gasteiger charge is -1.99. The Morgan fingerprint density at radius 3 is 2.81 bits per heavy atom. The van der Waals surface area contributed by atoms with Crippen LogP contribution in [0.25, 0.3) is 11.4 Å². The molecule has 16 heavy (non-hydrogen) atoms. The summed E-state index contributed by atoms with van der Waals surface area (Å²) in [6.07, 6.45) is 3.11. The van der Waals surface area contributed by atoms with Crippen LogP contribution < -0.4 is 0 Å². The number of aliphatic carboxylic acids is 1. The van der Waals surface area contributed by atoms with Gasteiger partial charge in [-0.1, -0.05) is 0 Å². The van der Waals surface area contributed by atoms with Gasteiger partial charge in [0.2, 0.25) is 0 Å². The maximum Gasteiger partial charge on any atom is 0.311 e. The molecule has 6 nitrogen and oxygen atoms in total. The van der Waals surface area contributed by atoms with Crippen LogP contribution in [-0.4, -0.2) is 31.2 Å². The molecule has 0 aromatic carbocycles. The minimum Gasteiger partial charge on any atom is -0.481 e. The molecule has 0 aliphatic carbocycles. The van der Waals surface area contributed by atoms with Crippen molar-refractivity contribution in [2.45, 2.75) is 13.3 Å². The molecule has 2 N–H and O–H groups in total. The molecule has 0 bridgehead atoms. The third kappa shape index (κ3) is 2.05. The van der Waals surface area contributed by atoms with Crippen LogP contribution in [0.1, 0.15) is 11.4 Å². The number of carbonyl (C=O) groups is 1. The number of carboxylic acids is 1. The zero-order valence-electron chi connectivity index (χ0n) is 8.64. The summed E-state index contributed by atoms with van der Waals surface area (Å²) >= 11 is 0. The van der Waals surface area contributed by atoms with Crippen LogP contribution in [-0.2, 0) is 11.2 Å². The summed E-state index contributed by atoms with van der Waals surface area (Å²) in [5, 5.41) is 16.2. The van der Waals surface area contributed by atoms with Gasteiger partial charge in [-0.2, -0.15) is 0 Å². The van der Waals surface area contributed by atoms with Gasteiger partial charge in [0.25, 0.3) is 0 Å². The van der Waals surface area contributed by atoms with Crippen LogP contribution in [0.3, 0.4) is 0 Å². The number of rotatable bonds is 3. The number of hydrogen-bond donors (Lipinski definition) is 2. The summed E-state index contributed by atoms with van der Waals surface area (Å²) in [6, 6.07) is 1.92. The Hall–Kier alpha value is -2.24. The first kappa shape index (κ1) is 10.3. The van der Waals surface area contributed by atoms with E-state index in [0.717, 1.165) is 11.3 Å². The van der Waals surface area contributed by atoms with Crippen molar-refractivity contribution in [3.8, 4) is 11.4 Å². The van der Waals surface area contributed by atoms with E-state index in [1.807, 2.05) is 13.0 Å². The lowest BCUT2D eigenvalue weighted by molar-refractivity contribution is -0.136. The fourth-order valence-corrected chi connectivity index (χ4v) is 1.35. The largest absolute Gasteiger partial charge is 0.481 e. The number of carboxylic acid groups (broad SMARTS) is 1. The summed E-state index contributed by atoms with van der Waals surface area (Å²) in [4.78, 5) is 17.4. The second-order valence-corrected chi connectivity index (χ2v) is 3.37. The van der Waals surface area contributed by atoms with Crippen molar-refractivity contribution >= 4 is 5.97 Å². The first-order chi connectivity index (χ1) is 7.66. The molecule has 0 saturated heterocycles. The van der Waals surface area contributed by atoms with E-state index in [0.29, 0.717) is 5.69 Å². The average Bonchev–Trinajstić information content (AvgIpc) is 2.65. The van der Waals surface area contributed by atoms with E-state index in [2.05, 4.69) is 20.2 Å². The number of nitrogens with zero attached hydrogens (tertiary/aromatic N) is 3. The fraction of sp³-hybridized carbons (Fsp3) is 0.200. The molecule has 0 radical (unpaired) electrons. The van der Waals surface area contributed by atoms with Crippen molar-refractivity contribution in [1.29, 1.82) is 0 Å². The highest BCUT2D eigenvalue weighted by molar-refractivity contribution is 5.69. The minimum absolute atomic E-state index is 0.209. The first-order valence-electron chi connectivity index (χ1n) is 4.71. The molecule has 2 aromatic heterocycles. The first-order valence-corrected chi connectivity index (χ1v) is 4.71. The van der Waals surface area contributed by atoms with Gasteiger partial charge in [0.1, 0.15) is 12.1 Å². The lowest BCUT2D eigenvalue weighted by Crippen LogP contribution is -2.06. The van der Waals surface area contributed by atoms with Gasteiger partial charge in [-0.05, 0) is 18.6 Å². The molecule has 2 heterocycles. The normalized spacial score (nSPS) is 10.3. The summed E-state index contributed by atoms with van der Waals surface area (Å²) in [7, 11) is 0. The third-order valence-electron chi connectivity index (χ3n) is 2.13. The van der Waals surface area contributed by atoms with Gasteiger partial charge in [-0.15, -0.1) is 10.2 Å². The average molecular weight is 218 g/mol. The Bertz CT molecular complexity index is 504. The SMILES string of the molecule is Cc1cc[nH]c1-c1cnc(CC(=O)O)nn1. The van der Waals surface area contributed by atoms with E-state index in [4.69, 9.17) is 5.11 Å². The van der Waals surface area contributed by atoms with Crippen molar-refractivity contribution in [1.82, 2.24) is 20.2 Å². The summed E-state index contributed by atoms with van der Waals surface area (Å²) in [5.41, 5.74) is 2.50. The molecule has 82 valence electrons. The zero-order chi connectivity index (χ0) is 11.5. The molecular formula is C10H10N4O2. The zero-order valence-corrected chi connectivity index (χ0v) is 8.64. The maximum absolute atomic E-state index is 10.4. The molecule has 0 aliphatic heterocycles. The molecule has 0 fully saturated rings. The summed E-state index contributed by atoms with van der Waals surface area (Å²) < 4.78 is 0. The molecule has 0 unspecified atom stereocenters. The topological polar surface area (TPSA) is 91.8 Å². The summed E-state index contributed by atoms with van der Waals surface area (Å²) in [5.74, 6) is -0.758. The molecule has 6 heteroatoms. The molecule has 0 saturated carbocycles. The number of H-pyrrole nitrogens is 1. The predicted molar refractivity (Wildman–Crippen MR) is 55.7 cm³/mol. The highest BCUT2D eigenvalue weighted by atomic mass is 16.4. The van der Waals surface area contributed by atoms with Crippen LogP contribution in [0.5, 0.6) is 0 Å². The van der Waals surface area contributed by atoms with Gasteiger partial charge < -0.3 is 10.1 Å². The Morgan fingerprint density at radius 1 is 1.50 bits per heavy atom. The van der Waals surface area contributed by atoms with Crippen LogP contribution in [0, 0.1) is 6.92 Å². The van der Waals surface area contributed by atoms with Gasteiger partial charge in [0, 0.05) is 6.20 Å². The predicted octanol–water partition coefficient (Wildman–Crippen LogP) is 0.802. The Balaban J connectivity index is 2.26. The van der Waals surface area contributed by atoms with Gasteiger partial charge in [-0.3, -0.25) is 4.79 Å². The van der Waals surface area contributed by atoms with Gasteiger partial charge in [-0.25, -0.2) is 4.98 Å². The van der Waals surface area contributed by atoms with E-state index < -0.39 is 5.97 Å². The van der Waals surface area contributed by atoms with Crippen LogP contribution in [0.4, 0.5) is 0 Å². The van der Waals surface area contributed by atoms with Crippen LogP contribution in [0.2, 0.25) is 0 Å². The van der Waals surface area contributed by atoms with Crippen LogP contribution in [0.15, 0.2) is 18.5 Å². The monoisotopic (exact) mass is 218 g/mol. The minimum atomic E-state index is -0.967. The standard InChI is InChI=1S/C10H10N4O2/c1-6-2-3-11-10(6)7-5-12-8(14-13-7)4-9(15)16/h2-3,5,11H,4H2,1H3,(H,15,16).